The van der Waals surface area contributed by atoms with Crippen LogP contribution in [0.5, 0.6) is 5.75 Å². The molecule has 0 amide bonds. The Kier molecular flexibility index (Phi) is 2.83. The van der Waals surface area contributed by atoms with Crippen molar-refractivity contribution in [2.24, 2.45) is 0 Å². The zero-order valence-electron chi connectivity index (χ0n) is 10.4. The zero-order chi connectivity index (χ0) is 14.4. The van der Waals surface area contributed by atoms with Crippen LogP contribution in [0.25, 0.3) is 5.57 Å². The van der Waals surface area contributed by atoms with Crippen LogP contribution in [0.1, 0.15) is 33.3 Å². The molecule has 3 rings (SSSR count). The summed E-state index contributed by atoms with van der Waals surface area (Å²) in [6.07, 6.45) is 1.55. The van der Waals surface area contributed by atoms with E-state index in [0.29, 0.717) is 26.9 Å². The second-order valence-electron chi connectivity index (χ2n) is 4.41. The number of halogens is 1. The normalized spacial score (nSPS) is 13.8. The molecule has 0 fully saturated rings. The number of hydrogen-bond donors (Lipinski definition) is 1. The van der Waals surface area contributed by atoms with Gasteiger partial charge in [0.1, 0.15) is 5.75 Å². The van der Waals surface area contributed by atoms with Gasteiger partial charge in [0.25, 0.3) is 0 Å². The number of phenols is 1. The molecule has 0 saturated carbocycles. The number of hydrogen-bond acceptors (Lipinski definition) is 4. The third kappa shape index (κ3) is 1.80. The fraction of sp³-hybridized carbons (Fsp3) is 0.0714. The van der Waals surface area contributed by atoms with E-state index >= 15 is 0 Å². The molecule has 0 spiro atoms. The topological polar surface area (TPSA) is 72.2 Å². The quantitative estimate of drug-likeness (QED) is 0.871. The lowest BCUT2D eigenvalue weighted by Crippen LogP contribution is -2.06. The Labute approximate surface area is 122 Å². The lowest BCUT2D eigenvalue weighted by molar-refractivity contribution is 0.0920. The number of rotatable bonds is 1. The van der Waals surface area contributed by atoms with E-state index in [0.717, 1.165) is 0 Å². The number of fused-ring (bicyclic) bond motifs is 1. The first kappa shape index (κ1) is 12.8. The summed E-state index contributed by atoms with van der Waals surface area (Å²) < 4.78 is 1.60. The minimum atomic E-state index is -0.205. The van der Waals surface area contributed by atoms with E-state index in [4.69, 9.17) is 0 Å². The molecule has 1 heterocycles. The lowest BCUT2D eigenvalue weighted by Gasteiger charge is -2.02. The van der Waals surface area contributed by atoms with Crippen molar-refractivity contribution in [3.05, 3.63) is 51.8 Å². The highest BCUT2D eigenvalue weighted by molar-refractivity contribution is 9.12. The summed E-state index contributed by atoms with van der Waals surface area (Å²) in [6, 6.07) is 6.28. The number of Topliss-reactive ketones (excluding diaryl/α,β-unsaturated/α-hetero) is 1. The first-order valence-electron chi connectivity index (χ1n) is 5.84. The van der Waals surface area contributed by atoms with E-state index in [1.54, 1.807) is 18.3 Å². The third-order valence-corrected chi connectivity index (χ3v) is 3.86. The molecule has 0 bridgehead atoms. The monoisotopic (exact) mass is 332 g/mol. The summed E-state index contributed by atoms with van der Waals surface area (Å²) in [7, 11) is 0. The summed E-state index contributed by atoms with van der Waals surface area (Å²) in [4.78, 5) is 23.4. The van der Waals surface area contributed by atoms with Gasteiger partial charge in [-0.1, -0.05) is 0 Å². The van der Waals surface area contributed by atoms with Gasteiger partial charge in [-0.15, -0.1) is 0 Å². The van der Waals surface area contributed by atoms with Crippen LogP contribution < -0.4 is 0 Å². The number of ketones is 1. The van der Waals surface area contributed by atoms with Crippen LogP contribution in [0.2, 0.25) is 0 Å². The SMILES string of the molecule is CC(=O)n1ccc(C2=C(Br)C(=O)c3cc(O)ccc32)n1. The second kappa shape index (κ2) is 4.42. The highest BCUT2D eigenvalue weighted by atomic mass is 79.9. The first-order chi connectivity index (χ1) is 9.49. The van der Waals surface area contributed by atoms with Crippen LogP contribution in [0.3, 0.4) is 0 Å². The Morgan fingerprint density at radius 3 is 2.70 bits per heavy atom. The number of phenolic OH excluding ortho intramolecular Hbond substituents is 1. The number of aromatic nitrogens is 2. The van der Waals surface area contributed by atoms with Crippen molar-refractivity contribution < 1.29 is 14.7 Å². The smallest absolute Gasteiger partial charge is 0.243 e. The van der Waals surface area contributed by atoms with Crippen molar-refractivity contribution in [3.63, 3.8) is 0 Å². The molecule has 20 heavy (non-hydrogen) atoms. The first-order valence-corrected chi connectivity index (χ1v) is 6.63. The largest absolute Gasteiger partial charge is 0.508 e. The summed E-state index contributed by atoms with van der Waals surface area (Å²) >= 11 is 3.27. The molecule has 0 unspecified atom stereocenters. The Bertz CT molecular complexity index is 789. The van der Waals surface area contributed by atoms with E-state index in [9.17, 15) is 14.7 Å². The van der Waals surface area contributed by atoms with Crippen molar-refractivity contribution in [1.29, 1.82) is 0 Å². The van der Waals surface area contributed by atoms with Crippen molar-refractivity contribution >= 4 is 33.2 Å². The number of nitrogens with zero attached hydrogens (tertiary/aromatic N) is 2. The molecule has 0 atom stereocenters. The van der Waals surface area contributed by atoms with Gasteiger partial charge in [0.15, 0.2) is 0 Å². The summed E-state index contributed by atoms with van der Waals surface area (Å²) in [5.74, 6) is -0.376. The van der Waals surface area contributed by atoms with E-state index in [1.807, 2.05) is 0 Å². The van der Waals surface area contributed by atoms with Crippen LogP contribution >= 0.6 is 15.9 Å². The molecule has 5 nitrogen and oxygen atoms in total. The molecule has 1 aliphatic rings. The number of carbonyl (C=O) groups excluding carboxylic acids is 2. The minimum absolute atomic E-state index is 0.0351. The maximum absolute atomic E-state index is 12.2. The fourth-order valence-electron chi connectivity index (χ4n) is 2.17. The lowest BCUT2D eigenvalue weighted by atomic mass is 10.0. The number of allylic oxidation sites excluding steroid dienone is 1. The van der Waals surface area contributed by atoms with E-state index in [1.165, 1.54) is 23.7 Å². The Hall–Kier alpha value is -2.21. The molecule has 0 aliphatic heterocycles. The predicted octanol–water partition coefficient (Wildman–Crippen LogP) is 2.60. The van der Waals surface area contributed by atoms with Crippen LogP contribution in [-0.2, 0) is 0 Å². The van der Waals surface area contributed by atoms with Gasteiger partial charge in [0, 0.05) is 24.3 Å². The van der Waals surface area contributed by atoms with Crippen LogP contribution in [-0.4, -0.2) is 26.6 Å². The average Bonchev–Trinajstić information content (AvgIpc) is 2.96. The predicted molar refractivity (Wildman–Crippen MR) is 75.9 cm³/mol. The van der Waals surface area contributed by atoms with Gasteiger partial charge >= 0.3 is 0 Å². The highest BCUT2D eigenvalue weighted by Gasteiger charge is 2.30. The van der Waals surface area contributed by atoms with Gasteiger partial charge in [0.05, 0.1) is 10.2 Å². The van der Waals surface area contributed by atoms with Gasteiger partial charge in [0.2, 0.25) is 11.7 Å². The van der Waals surface area contributed by atoms with E-state index in [-0.39, 0.29) is 17.4 Å². The van der Waals surface area contributed by atoms with Crippen molar-refractivity contribution in [3.8, 4) is 5.75 Å². The van der Waals surface area contributed by atoms with E-state index in [2.05, 4.69) is 21.0 Å². The van der Waals surface area contributed by atoms with Gasteiger partial charge in [-0.3, -0.25) is 9.59 Å². The molecule has 1 N–H and O–H groups in total. The van der Waals surface area contributed by atoms with Crippen molar-refractivity contribution in [1.82, 2.24) is 9.78 Å². The maximum Gasteiger partial charge on any atom is 0.243 e. The standard InChI is InChI=1S/C14H9BrN2O3/c1-7(18)17-5-4-11(16-17)12-9-3-2-8(19)6-10(9)14(20)13(12)15/h2-6,19H,1H3. The minimum Gasteiger partial charge on any atom is -0.508 e. The second-order valence-corrected chi connectivity index (χ2v) is 5.21. The number of benzene rings is 1. The molecule has 1 aromatic carbocycles. The van der Waals surface area contributed by atoms with Gasteiger partial charge in [-0.05, 0) is 45.8 Å². The zero-order valence-corrected chi connectivity index (χ0v) is 12.0. The molecular weight excluding hydrogens is 324 g/mol. The van der Waals surface area contributed by atoms with Crippen molar-refractivity contribution in [2.75, 3.05) is 0 Å². The summed E-state index contributed by atoms with van der Waals surface area (Å²) in [6.45, 7) is 1.41. The average molecular weight is 333 g/mol. The van der Waals surface area contributed by atoms with Crippen LogP contribution in [0.15, 0.2) is 34.9 Å². The number of carbonyl (C=O) groups is 2. The Balaban J connectivity index is 2.18. The molecular formula is C14H9BrN2O3. The van der Waals surface area contributed by atoms with Crippen molar-refractivity contribution in [2.45, 2.75) is 6.92 Å². The Morgan fingerprint density at radius 1 is 1.30 bits per heavy atom. The molecule has 0 radical (unpaired) electrons. The summed E-state index contributed by atoms with van der Waals surface area (Å²) in [5.41, 5.74) is 2.27. The molecule has 1 aromatic heterocycles. The molecule has 1 aliphatic carbocycles. The van der Waals surface area contributed by atoms with Crippen LogP contribution in [0.4, 0.5) is 0 Å². The van der Waals surface area contributed by atoms with Crippen LogP contribution in [0, 0.1) is 0 Å². The third-order valence-electron chi connectivity index (χ3n) is 3.10. The Morgan fingerprint density at radius 2 is 2.05 bits per heavy atom. The van der Waals surface area contributed by atoms with Gasteiger partial charge in [-0.2, -0.15) is 5.10 Å². The molecule has 100 valence electrons. The molecule has 0 saturated heterocycles. The molecule has 2 aromatic rings. The summed E-state index contributed by atoms with van der Waals surface area (Å²) in [5, 5.41) is 13.6. The highest BCUT2D eigenvalue weighted by Crippen LogP contribution is 2.40. The molecule has 6 heteroatoms. The van der Waals surface area contributed by atoms with E-state index < -0.39 is 0 Å². The van der Waals surface area contributed by atoms with Gasteiger partial charge in [-0.25, -0.2) is 4.68 Å². The number of aromatic hydroxyl groups is 1. The maximum atomic E-state index is 12.2. The fourth-order valence-corrected chi connectivity index (χ4v) is 2.80. The van der Waals surface area contributed by atoms with Gasteiger partial charge < -0.3 is 5.11 Å².